The molecule has 0 fully saturated rings. The second-order valence-corrected chi connectivity index (χ2v) is 6.59. The average molecular weight is 362 g/mol. The van der Waals surface area contributed by atoms with Gasteiger partial charge in [-0.2, -0.15) is 0 Å². The van der Waals surface area contributed by atoms with Crippen LogP contribution in [0.1, 0.15) is 0 Å². The van der Waals surface area contributed by atoms with Crippen molar-refractivity contribution in [3.05, 3.63) is 109 Å². The van der Waals surface area contributed by atoms with Crippen molar-refractivity contribution < 1.29 is 8.83 Å². The van der Waals surface area contributed by atoms with E-state index >= 15 is 0 Å². The van der Waals surface area contributed by atoms with Gasteiger partial charge in [0.1, 0.15) is 5.76 Å². The van der Waals surface area contributed by atoms with Gasteiger partial charge in [0, 0.05) is 16.7 Å². The van der Waals surface area contributed by atoms with Gasteiger partial charge >= 0.3 is 0 Å². The van der Waals surface area contributed by atoms with Crippen LogP contribution in [0.3, 0.4) is 0 Å². The summed E-state index contributed by atoms with van der Waals surface area (Å²) in [6, 6.07) is 34.8. The molecule has 0 spiro atoms. The molecule has 0 aliphatic carbocycles. The van der Waals surface area contributed by atoms with E-state index in [1.807, 2.05) is 54.6 Å². The van der Waals surface area contributed by atoms with Crippen LogP contribution in [0, 0.1) is 0 Å². The number of benzene rings is 3. The number of hydrogen-bond acceptors (Lipinski definition) is 2. The minimum Gasteiger partial charge on any atom is -0.461 e. The van der Waals surface area contributed by atoms with E-state index in [0.29, 0.717) is 0 Å². The van der Waals surface area contributed by atoms with Gasteiger partial charge in [0.2, 0.25) is 0 Å². The maximum absolute atomic E-state index is 6.49. The van der Waals surface area contributed by atoms with Crippen molar-refractivity contribution in [3.8, 4) is 45.1 Å². The summed E-state index contributed by atoms with van der Waals surface area (Å²) in [7, 11) is 0. The third-order valence-electron chi connectivity index (χ3n) is 4.81. The van der Waals surface area contributed by atoms with E-state index in [9.17, 15) is 0 Å². The van der Waals surface area contributed by atoms with E-state index in [4.69, 9.17) is 8.83 Å². The van der Waals surface area contributed by atoms with Crippen LogP contribution in [0.15, 0.2) is 118 Å². The van der Waals surface area contributed by atoms with E-state index in [0.717, 1.165) is 45.1 Å². The van der Waals surface area contributed by atoms with Gasteiger partial charge in [0.05, 0.1) is 6.26 Å². The first-order valence-corrected chi connectivity index (χ1v) is 9.29. The summed E-state index contributed by atoms with van der Waals surface area (Å²) >= 11 is 0. The quantitative estimate of drug-likeness (QED) is 0.330. The molecule has 0 aliphatic rings. The third-order valence-corrected chi connectivity index (χ3v) is 4.81. The summed E-state index contributed by atoms with van der Waals surface area (Å²) in [5, 5.41) is 0. The largest absolute Gasteiger partial charge is 0.461 e. The molecule has 0 aliphatic heterocycles. The Kier molecular flexibility index (Phi) is 4.15. The monoisotopic (exact) mass is 362 g/mol. The van der Waals surface area contributed by atoms with Crippen LogP contribution < -0.4 is 0 Å². The first-order valence-electron chi connectivity index (χ1n) is 9.29. The van der Waals surface area contributed by atoms with E-state index in [1.165, 1.54) is 0 Å². The second kappa shape index (κ2) is 7.09. The predicted octanol–water partition coefficient (Wildman–Crippen LogP) is 7.54. The molecule has 0 unspecified atom stereocenters. The van der Waals surface area contributed by atoms with E-state index in [-0.39, 0.29) is 0 Å². The summed E-state index contributed by atoms with van der Waals surface area (Å²) < 4.78 is 12.2. The summed E-state index contributed by atoms with van der Waals surface area (Å²) in [6.45, 7) is 0. The maximum atomic E-state index is 6.49. The lowest BCUT2D eigenvalue weighted by Crippen LogP contribution is -1.85. The maximum Gasteiger partial charge on any atom is 0.178 e. The lowest BCUT2D eigenvalue weighted by molar-refractivity contribution is 0.532. The van der Waals surface area contributed by atoms with Crippen molar-refractivity contribution in [3.63, 3.8) is 0 Å². The van der Waals surface area contributed by atoms with Gasteiger partial charge in [-0.25, -0.2) is 0 Å². The van der Waals surface area contributed by atoms with Gasteiger partial charge in [-0.3, -0.25) is 0 Å². The zero-order chi connectivity index (χ0) is 18.8. The average Bonchev–Trinajstić information content (AvgIpc) is 3.43. The molecule has 0 amide bonds. The lowest BCUT2D eigenvalue weighted by Gasteiger charge is -2.07. The first-order chi connectivity index (χ1) is 13.9. The van der Waals surface area contributed by atoms with Crippen LogP contribution in [-0.2, 0) is 0 Å². The zero-order valence-corrected chi connectivity index (χ0v) is 15.2. The molecule has 5 rings (SSSR count). The Morgan fingerprint density at radius 2 is 0.929 bits per heavy atom. The van der Waals surface area contributed by atoms with Crippen molar-refractivity contribution in [2.24, 2.45) is 0 Å². The van der Waals surface area contributed by atoms with E-state index in [1.54, 1.807) is 6.26 Å². The zero-order valence-electron chi connectivity index (χ0n) is 15.2. The Morgan fingerprint density at radius 1 is 0.429 bits per heavy atom. The van der Waals surface area contributed by atoms with Crippen LogP contribution in [-0.4, -0.2) is 0 Å². The summed E-state index contributed by atoms with van der Waals surface area (Å²) in [6.07, 6.45) is 1.68. The molecule has 0 atom stereocenters. The van der Waals surface area contributed by atoms with Crippen molar-refractivity contribution in [2.75, 3.05) is 0 Å². The summed E-state index contributed by atoms with van der Waals surface area (Å²) in [4.78, 5) is 0. The highest BCUT2D eigenvalue weighted by Gasteiger charge is 2.25. The molecular weight excluding hydrogens is 344 g/mol. The fourth-order valence-corrected chi connectivity index (χ4v) is 3.57. The molecule has 0 N–H and O–H groups in total. The van der Waals surface area contributed by atoms with Crippen LogP contribution >= 0.6 is 0 Å². The van der Waals surface area contributed by atoms with Gasteiger partial charge in [0.15, 0.2) is 11.5 Å². The van der Waals surface area contributed by atoms with Gasteiger partial charge in [-0.15, -0.1) is 0 Å². The molecule has 0 radical (unpaired) electrons. The van der Waals surface area contributed by atoms with Gasteiger partial charge in [-0.1, -0.05) is 91.0 Å². The van der Waals surface area contributed by atoms with Gasteiger partial charge in [0.25, 0.3) is 0 Å². The summed E-state index contributed by atoms with van der Waals surface area (Å²) in [5.74, 6) is 2.31. The second-order valence-electron chi connectivity index (χ2n) is 6.59. The third kappa shape index (κ3) is 2.85. The highest BCUT2D eigenvalue weighted by atomic mass is 16.4. The molecule has 3 aromatic carbocycles. The molecule has 0 bridgehead atoms. The Balaban J connectivity index is 1.89. The molecule has 2 heteroatoms. The summed E-state index contributed by atoms with van der Waals surface area (Å²) in [5.41, 5.74) is 5.36. The first kappa shape index (κ1) is 16.4. The van der Waals surface area contributed by atoms with Crippen LogP contribution in [0.2, 0.25) is 0 Å². The topological polar surface area (TPSA) is 26.3 Å². The molecule has 2 aromatic heterocycles. The molecular formula is C26H18O2. The van der Waals surface area contributed by atoms with Crippen LogP contribution in [0.4, 0.5) is 0 Å². The Bertz CT molecular complexity index is 1170. The number of hydrogen-bond donors (Lipinski definition) is 0. The Morgan fingerprint density at radius 3 is 1.43 bits per heavy atom. The SMILES string of the molecule is c1ccc(-c2oc(-c3ccco3)c(-c3ccccc3)c2-c2ccccc2)cc1. The Hall–Kier alpha value is -3.78. The van der Waals surface area contributed by atoms with E-state index in [2.05, 4.69) is 48.5 Å². The minimum absolute atomic E-state index is 0.721. The molecule has 5 aromatic rings. The molecule has 134 valence electrons. The van der Waals surface area contributed by atoms with Crippen molar-refractivity contribution >= 4 is 0 Å². The predicted molar refractivity (Wildman–Crippen MR) is 113 cm³/mol. The molecule has 2 nitrogen and oxygen atoms in total. The van der Waals surface area contributed by atoms with Crippen molar-refractivity contribution in [2.45, 2.75) is 0 Å². The van der Waals surface area contributed by atoms with Crippen LogP contribution in [0.5, 0.6) is 0 Å². The van der Waals surface area contributed by atoms with Crippen molar-refractivity contribution in [1.29, 1.82) is 0 Å². The number of rotatable bonds is 4. The molecule has 0 saturated heterocycles. The van der Waals surface area contributed by atoms with Crippen LogP contribution in [0.25, 0.3) is 45.1 Å². The minimum atomic E-state index is 0.721. The standard InChI is InChI=1S/C26H18O2/c1-4-11-19(12-5-1)23-24(20-13-6-2-7-14-20)26(22-17-10-18-27-22)28-25(23)21-15-8-3-9-16-21/h1-18H. The highest BCUT2D eigenvalue weighted by Crippen LogP contribution is 2.48. The normalized spacial score (nSPS) is 10.9. The van der Waals surface area contributed by atoms with Crippen molar-refractivity contribution in [1.82, 2.24) is 0 Å². The fraction of sp³-hybridized carbons (Fsp3) is 0. The van der Waals surface area contributed by atoms with Gasteiger partial charge < -0.3 is 8.83 Å². The molecule has 0 saturated carbocycles. The van der Waals surface area contributed by atoms with E-state index < -0.39 is 0 Å². The molecule has 28 heavy (non-hydrogen) atoms. The highest BCUT2D eigenvalue weighted by molar-refractivity contribution is 5.98. The smallest absolute Gasteiger partial charge is 0.178 e. The fourth-order valence-electron chi connectivity index (χ4n) is 3.57. The Labute approximate surface area is 163 Å². The molecule has 2 heterocycles. The van der Waals surface area contributed by atoms with Gasteiger partial charge in [-0.05, 0) is 23.3 Å². The lowest BCUT2D eigenvalue weighted by atomic mass is 9.92. The number of furan rings is 2.